The maximum absolute atomic E-state index is 12.3. The summed E-state index contributed by atoms with van der Waals surface area (Å²) >= 11 is 15.7. The van der Waals surface area contributed by atoms with Crippen LogP contribution in [0, 0.1) is 0 Å². The Morgan fingerprint density at radius 1 is 0.950 bits per heavy atom. The monoisotopic (exact) mass is 501 g/mol. The van der Waals surface area contributed by atoms with E-state index >= 15 is 0 Å². The molecule has 0 aliphatic rings. The minimum atomic E-state index is -3.68. The fourth-order valence-electron chi connectivity index (χ4n) is 1.46. The van der Waals surface area contributed by atoms with Crippen molar-refractivity contribution in [2.24, 2.45) is 0 Å². The highest BCUT2D eigenvalue weighted by molar-refractivity contribution is 9.11. The van der Waals surface area contributed by atoms with Gasteiger partial charge in [0.15, 0.2) is 0 Å². The zero-order chi connectivity index (χ0) is 14.9. The van der Waals surface area contributed by atoms with Gasteiger partial charge in [0.2, 0.25) is 0 Å². The van der Waals surface area contributed by atoms with Gasteiger partial charge in [-0.1, -0.05) is 27.5 Å². The summed E-state index contributed by atoms with van der Waals surface area (Å²) < 4.78 is 29.1. The SMILES string of the molecule is O=S(=O)(Nc1ccc(Br)c(Cl)c1)c1ccc(Br)cc1Br. The second-order valence-electron chi connectivity index (χ2n) is 3.81. The van der Waals surface area contributed by atoms with E-state index in [9.17, 15) is 8.42 Å². The summed E-state index contributed by atoms with van der Waals surface area (Å²) in [5.74, 6) is 0. The Hall–Kier alpha value is -0.0800. The van der Waals surface area contributed by atoms with E-state index in [-0.39, 0.29) is 4.90 Å². The molecule has 0 radical (unpaired) electrons. The quantitative estimate of drug-likeness (QED) is 0.606. The fourth-order valence-corrected chi connectivity index (χ4v) is 4.69. The van der Waals surface area contributed by atoms with Gasteiger partial charge in [0.1, 0.15) is 4.90 Å². The van der Waals surface area contributed by atoms with Gasteiger partial charge in [-0.2, -0.15) is 0 Å². The van der Waals surface area contributed by atoms with Crippen molar-refractivity contribution in [2.45, 2.75) is 4.90 Å². The lowest BCUT2D eigenvalue weighted by Crippen LogP contribution is -2.13. The molecule has 2 aromatic rings. The number of sulfonamides is 1. The van der Waals surface area contributed by atoms with Gasteiger partial charge in [0, 0.05) is 13.4 Å². The van der Waals surface area contributed by atoms with Gasteiger partial charge < -0.3 is 0 Å². The van der Waals surface area contributed by atoms with Crippen LogP contribution in [0.15, 0.2) is 54.7 Å². The first-order valence-corrected chi connectivity index (χ1v) is 9.46. The number of rotatable bonds is 3. The number of hydrogen-bond donors (Lipinski definition) is 1. The van der Waals surface area contributed by atoms with Crippen LogP contribution in [0.25, 0.3) is 0 Å². The van der Waals surface area contributed by atoms with E-state index in [1.807, 2.05) is 0 Å². The van der Waals surface area contributed by atoms with E-state index in [4.69, 9.17) is 11.6 Å². The van der Waals surface area contributed by atoms with E-state index in [1.165, 1.54) is 12.1 Å². The van der Waals surface area contributed by atoms with Crippen molar-refractivity contribution in [1.29, 1.82) is 0 Å². The number of anilines is 1. The Labute approximate surface area is 147 Å². The summed E-state index contributed by atoms with van der Waals surface area (Å²) in [6.45, 7) is 0. The molecule has 0 aliphatic carbocycles. The molecule has 8 heteroatoms. The standard InChI is InChI=1S/C12H7Br3ClNO2S/c13-7-1-4-12(10(15)5-7)20(18,19)17-8-2-3-9(14)11(16)6-8/h1-6,17H. The number of benzene rings is 2. The second kappa shape index (κ2) is 6.36. The van der Waals surface area contributed by atoms with Gasteiger partial charge in [-0.25, -0.2) is 8.42 Å². The molecule has 0 unspecified atom stereocenters. The molecule has 0 amide bonds. The average molecular weight is 504 g/mol. The summed E-state index contributed by atoms with van der Waals surface area (Å²) in [6.07, 6.45) is 0. The highest BCUT2D eigenvalue weighted by atomic mass is 79.9. The normalized spacial score (nSPS) is 11.4. The third-order valence-electron chi connectivity index (χ3n) is 2.36. The smallest absolute Gasteiger partial charge is 0.263 e. The molecule has 2 aromatic carbocycles. The molecule has 106 valence electrons. The summed E-state index contributed by atoms with van der Waals surface area (Å²) in [5, 5.41) is 0.431. The highest BCUT2D eigenvalue weighted by Gasteiger charge is 2.18. The lowest BCUT2D eigenvalue weighted by molar-refractivity contribution is 0.600. The average Bonchev–Trinajstić information content (AvgIpc) is 2.33. The van der Waals surface area contributed by atoms with Crippen LogP contribution in [-0.4, -0.2) is 8.42 Å². The number of nitrogens with one attached hydrogen (secondary N) is 1. The highest BCUT2D eigenvalue weighted by Crippen LogP contribution is 2.29. The Kier molecular flexibility index (Phi) is 5.18. The van der Waals surface area contributed by atoms with E-state index in [1.54, 1.807) is 24.3 Å². The fraction of sp³-hybridized carbons (Fsp3) is 0. The van der Waals surface area contributed by atoms with Crippen LogP contribution in [0.3, 0.4) is 0 Å². The predicted molar refractivity (Wildman–Crippen MR) is 91.8 cm³/mol. The maximum atomic E-state index is 12.3. The summed E-state index contributed by atoms with van der Waals surface area (Å²) in [5.41, 5.74) is 0.396. The van der Waals surface area contributed by atoms with Gasteiger partial charge in [-0.3, -0.25) is 4.72 Å². The first-order chi connectivity index (χ1) is 9.29. The molecule has 0 fully saturated rings. The van der Waals surface area contributed by atoms with Crippen LogP contribution in [0.2, 0.25) is 5.02 Å². The van der Waals surface area contributed by atoms with E-state index in [0.29, 0.717) is 19.7 Å². The topological polar surface area (TPSA) is 46.2 Å². The third-order valence-corrected chi connectivity index (χ3v) is 6.44. The minimum absolute atomic E-state index is 0.153. The Morgan fingerprint density at radius 2 is 1.65 bits per heavy atom. The molecule has 0 bridgehead atoms. The molecule has 1 N–H and O–H groups in total. The predicted octanol–water partition coefficient (Wildman–Crippen LogP) is 5.43. The Balaban J connectivity index is 2.38. The lowest BCUT2D eigenvalue weighted by Gasteiger charge is -2.10. The molecule has 20 heavy (non-hydrogen) atoms. The summed E-state index contributed by atoms with van der Waals surface area (Å²) in [6, 6.07) is 9.68. The van der Waals surface area contributed by atoms with Crippen LogP contribution >= 0.6 is 59.4 Å². The zero-order valence-corrected chi connectivity index (χ0v) is 16.0. The van der Waals surface area contributed by atoms with Gasteiger partial charge in [-0.05, 0) is 68.3 Å². The van der Waals surface area contributed by atoms with E-state index in [0.717, 1.165) is 4.47 Å². The molecule has 0 spiro atoms. The lowest BCUT2D eigenvalue weighted by atomic mass is 10.3. The molecule has 3 nitrogen and oxygen atoms in total. The molecular weight excluding hydrogens is 497 g/mol. The molecule has 0 saturated carbocycles. The van der Waals surface area contributed by atoms with Crippen molar-refractivity contribution in [2.75, 3.05) is 4.72 Å². The van der Waals surface area contributed by atoms with Crippen molar-refractivity contribution in [1.82, 2.24) is 0 Å². The van der Waals surface area contributed by atoms with Gasteiger partial charge in [0.25, 0.3) is 10.0 Å². The minimum Gasteiger partial charge on any atom is -0.280 e. The van der Waals surface area contributed by atoms with Crippen molar-refractivity contribution < 1.29 is 8.42 Å². The number of hydrogen-bond acceptors (Lipinski definition) is 2. The first-order valence-electron chi connectivity index (χ1n) is 5.22. The van der Waals surface area contributed by atoms with Crippen molar-refractivity contribution in [3.63, 3.8) is 0 Å². The zero-order valence-electron chi connectivity index (χ0n) is 9.70. The van der Waals surface area contributed by atoms with E-state index < -0.39 is 10.0 Å². The molecule has 0 atom stereocenters. The van der Waals surface area contributed by atoms with Crippen molar-refractivity contribution >= 4 is 75.1 Å². The third kappa shape index (κ3) is 3.76. The molecule has 0 saturated heterocycles. The van der Waals surface area contributed by atoms with Gasteiger partial charge in [0.05, 0.1) is 10.7 Å². The molecular formula is C12H7Br3ClNO2S. The van der Waals surface area contributed by atoms with Crippen LogP contribution in [0.5, 0.6) is 0 Å². The Bertz CT molecular complexity index is 765. The van der Waals surface area contributed by atoms with Crippen LogP contribution in [0.4, 0.5) is 5.69 Å². The van der Waals surface area contributed by atoms with Crippen molar-refractivity contribution in [3.05, 3.63) is 54.8 Å². The summed E-state index contributed by atoms with van der Waals surface area (Å²) in [4.78, 5) is 0.153. The number of halogens is 4. The van der Waals surface area contributed by atoms with E-state index in [2.05, 4.69) is 52.5 Å². The molecule has 2 rings (SSSR count). The first kappa shape index (κ1) is 16.3. The van der Waals surface area contributed by atoms with Crippen LogP contribution < -0.4 is 4.72 Å². The molecule has 0 aliphatic heterocycles. The molecule has 0 aromatic heterocycles. The van der Waals surface area contributed by atoms with Gasteiger partial charge >= 0.3 is 0 Å². The van der Waals surface area contributed by atoms with Crippen LogP contribution in [0.1, 0.15) is 0 Å². The van der Waals surface area contributed by atoms with Crippen molar-refractivity contribution in [3.8, 4) is 0 Å². The van der Waals surface area contributed by atoms with Crippen LogP contribution in [-0.2, 0) is 10.0 Å². The molecule has 0 heterocycles. The van der Waals surface area contributed by atoms with Gasteiger partial charge in [-0.15, -0.1) is 0 Å². The largest absolute Gasteiger partial charge is 0.280 e. The maximum Gasteiger partial charge on any atom is 0.263 e. The Morgan fingerprint density at radius 3 is 2.25 bits per heavy atom. The second-order valence-corrected chi connectivity index (χ2v) is 8.49. The summed E-state index contributed by atoms with van der Waals surface area (Å²) in [7, 11) is -3.68.